The number of hydrogen-bond acceptors (Lipinski definition) is 4. The van der Waals surface area contributed by atoms with E-state index in [1.54, 1.807) is 0 Å². The number of carbonyl (C=O) groups is 1. The van der Waals surface area contributed by atoms with E-state index in [1.807, 2.05) is 0 Å². The summed E-state index contributed by atoms with van der Waals surface area (Å²) in [5, 5.41) is 9.25. The van der Waals surface area contributed by atoms with Gasteiger partial charge >= 0.3 is 5.97 Å². The lowest BCUT2D eigenvalue weighted by Gasteiger charge is -2.28. The Labute approximate surface area is 110 Å². The SMILES string of the molecule is O=C(O)C1C2CCC(C2)C1NS(=O)(=O)c1cnc[nH]1. The van der Waals surface area contributed by atoms with Crippen LogP contribution in [0.4, 0.5) is 0 Å². The van der Waals surface area contributed by atoms with Crippen LogP contribution in [0.1, 0.15) is 19.3 Å². The van der Waals surface area contributed by atoms with Crippen molar-refractivity contribution in [2.45, 2.75) is 30.3 Å². The van der Waals surface area contributed by atoms with E-state index >= 15 is 0 Å². The highest BCUT2D eigenvalue weighted by Gasteiger charge is 2.52. The molecular weight excluding hydrogens is 270 g/mol. The van der Waals surface area contributed by atoms with Gasteiger partial charge in [-0.25, -0.2) is 18.1 Å². The monoisotopic (exact) mass is 285 g/mol. The Morgan fingerprint density at radius 1 is 1.42 bits per heavy atom. The molecule has 2 aliphatic carbocycles. The van der Waals surface area contributed by atoms with E-state index < -0.39 is 28.0 Å². The van der Waals surface area contributed by atoms with Gasteiger partial charge in [-0.3, -0.25) is 4.79 Å². The van der Waals surface area contributed by atoms with Crippen molar-refractivity contribution in [2.75, 3.05) is 0 Å². The molecule has 3 rings (SSSR count). The summed E-state index contributed by atoms with van der Waals surface area (Å²) in [7, 11) is -3.72. The number of sulfonamides is 1. The summed E-state index contributed by atoms with van der Waals surface area (Å²) in [6, 6.07) is -0.510. The lowest BCUT2D eigenvalue weighted by Crippen LogP contribution is -2.46. The second-order valence-corrected chi connectivity index (χ2v) is 6.94. The Morgan fingerprint density at radius 2 is 2.16 bits per heavy atom. The molecule has 0 aliphatic heterocycles. The number of nitrogens with one attached hydrogen (secondary N) is 2. The van der Waals surface area contributed by atoms with Gasteiger partial charge in [0.05, 0.1) is 18.4 Å². The molecule has 4 unspecified atom stereocenters. The van der Waals surface area contributed by atoms with Crippen molar-refractivity contribution in [2.24, 2.45) is 17.8 Å². The molecule has 0 saturated heterocycles. The van der Waals surface area contributed by atoms with E-state index in [4.69, 9.17) is 0 Å². The second-order valence-electron chi connectivity index (χ2n) is 5.26. The lowest BCUT2D eigenvalue weighted by atomic mass is 9.85. The zero-order chi connectivity index (χ0) is 13.6. The van der Waals surface area contributed by atoms with Crippen molar-refractivity contribution >= 4 is 16.0 Å². The number of carboxylic acids is 1. The quantitative estimate of drug-likeness (QED) is 0.731. The van der Waals surface area contributed by atoms with Crippen molar-refractivity contribution in [1.82, 2.24) is 14.7 Å². The van der Waals surface area contributed by atoms with Crippen LogP contribution < -0.4 is 4.72 Å². The van der Waals surface area contributed by atoms with Gasteiger partial charge in [0.25, 0.3) is 10.0 Å². The van der Waals surface area contributed by atoms with E-state index in [0.29, 0.717) is 0 Å². The predicted molar refractivity (Wildman–Crippen MR) is 64.7 cm³/mol. The Morgan fingerprint density at radius 3 is 2.79 bits per heavy atom. The summed E-state index contributed by atoms with van der Waals surface area (Å²) >= 11 is 0. The fraction of sp³-hybridized carbons (Fsp3) is 0.636. The van der Waals surface area contributed by atoms with E-state index in [9.17, 15) is 18.3 Å². The van der Waals surface area contributed by atoms with Gasteiger partial charge in [-0.2, -0.15) is 0 Å². The van der Waals surface area contributed by atoms with Crippen molar-refractivity contribution < 1.29 is 18.3 Å². The minimum Gasteiger partial charge on any atom is -0.481 e. The number of H-pyrrole nitrogens is 1. The number of rotatable bonds is 4. The number of nitrogens with zero attached hydrogens (tertiary/aromatic N) is 1. The Kier molecular flexibility index (Phi) is 2.86. The van der Waals surface area contributed by atoms with Gasteiger partial charge in [0.1, 0.15) is 0 Å². The average molecular weight is 285 g/mol. The molecular formula is C11H15N3O4S. The molecule has 7 nitrogen and oxygen atoms in total. The highest BCUT2D eigenvalue weighted by Crippen LogP contribution is 2.48. The number of carboxylic acid groups (broad SMARTS) is 1. The van der Waals surface area contributed by atoms with E-state index in [-0.39, 0.29) is 16.9 Å². The van der Waals surface area contributed by atoms with Crippen LogP contribution >= 0.6 is 0 Å². The first kappa shape index (κ1) is 12.6. The van der Waals surface area contributed by atoms with Crippen LogP contribution in [0.25, 0.3) is 0 Å². The third-order valence-electron chi connectivity index (χ3n) is 4.26. The average Bonchev–Trinajstić information content (AvgIpc) is 3.05. The van der Waals surface area contributed by atoms with Crippen molar-refractivity contribution in [3.05, 3.63) is 12.5 Å². The number of imidazole rings is 1. The van der Waals surface area contributed by atoms with Crippen LogP contribution in [-0.4, -0.2) is 35.5 Å². The number of aromatic amines is 1. The molecule has 0 radical (unpaired) electrons. The van der Waals surface area contributed by atoms with Crippen LogP contribution in [0.15, 0.2) is 17.6 Å². The number of fused-ring (bicyclic) bond motifs is 2. The highest BCUT2D eigenvalue weighted by atomic mass is 32.2. The molecule has 2 saturated carbocycles. The normalized spacial score (nSPS) is 33.7. The molecule has 8 heteroatoms. The molecule has 3 N–H and O–H groups in total. The van der Waals surface area contributed by atoms with Gasteiger partial charge in [-0.05, 0) is 31.1 Å². The summed E-state index contributed by atoms with van der Waals surface area (Å²) in [6.07, 6.45) is 5.07. The molecule has 1 heterocycles. The van der Waals surface area contributed by atoms with Gasteiger partial charge in [0, 0.05) is 6.04 Å². The number of aliphatic carboxylic acids is 1. The van der Waals surface area contributed by atoms with E-state index in [0.717, 1.165) is 19.3 Å². The first-order valence-corrected chi connectivity index (χ1v) is 7.71. The van der Waals surface area contributed by atoms with Gasteiger partial charge in [-0.15, -0.1) is 0 Å². The third kappa shape index (κ3) is 2.04. The van der Waals surface area contributed by atoms with Crippen LogP contribution in [-0.2, 0) is 14.8 Å². The first-order chi connectivity index (χ1) is 8.99. The Bertz CT molecular complexity index is 583. The molecule has 0 aromatic carbocycles. The topological polar surface area (TPSA) is 112 Å². The van der Waals surface area contributed by atoms with Crippen LogP contribution in [0.2, 0.25) is 0 Å². The maximum absolute atomic E-state index is 12.1. The number of hydrogen-bond donors (Lipinski definition) is 3. The summed E-state index contributed by atoms with van der Waals surface area (Å²) < 4.78 is 26.8. The molecule has 1 aromatic heterocycles. The minimum absolute atomic E-state index is 0.0283. The van der Waals surface area contributed by atoms with Crippen molar-refractivity contribution in [3.63, 3.8) is 0 Å². The molecule has 2 aliphatic rings. The Balaban J connectivity index is 1.85. The molecule has 0 spiro atoms. The maximum atomic E-state index is 12.1. The van der Waals surface area contributed by atoms with Gasteiger partial charge in [0.15, 0.2) is 5.03 Å². The summed E-state index contributed by atoms with van der Waals surface area (Å²) in [5.74, 6) is -1.30. The van der Waals surface area contributed by atoms with Gasteiger partial charge in [0.2, 0.25) is 0 Å². The molecule has 0 amide bonds. The van der Waals surface area contributed by atoms with E-state index in [2.05, 4.69) is 14.7 Å². The first-order valence-electron chi connectivity index (χ1n) is 6.22. The van der Waals surface area contributed by atoms with Crippen molar-refractivity contribution in [3.8, 4) is 0 Å². The van der Waals surface area contributed by atoms with E-state index in [1.165, 1.54) is 12.5 Å². The highest BCUT2D eigenvalue weighted by molar-refractivity contribution is 7.89. The van der Waals surface area contributed by atoms with Crippen molar-refractivity contribution in [1.29, 1.82) is 0 Å². The molecule has 19 heavy (non-hydrogen) atoms. The second kappa shape index (κ2) is 4.31. The standard InChI is InChI=1S/C11H15N3O4S/c15-11(16)9-6-1-2-7(3-6)10(9)14-19(17,18)8-4-12-5-13-8/h4-7,9-10,14H,1-3H2,(H,12,13)(H,15,16). The Hall–Kier alpha value is -1.41. The zero-order valence-electron chi connectivity index (χ0n) is 10.1. The lowest BCUT2D eigenvalue weighted by molar-refractivity contribution is -0.144. The largest absolute Gasteiger partial charge is 0.481 e. The van der Waals surface area contributed by atoms with Crippen LogP contribution in [0, 0.1) is 17.8 Å². The van der Waals surface area contributed by atoms with Gasteiger partial charge < -0.3 is 10.1 Å². The molecule has 104 valence electrons. The van der Waals surface area contributed by atoms with Crippen LogP contribution in [0.5, 0.6) is 0 Å². The third-order valence-corrected chi connectivity index (χ3v) is 5.64. The van der Waals surface area contributed by atoms with Crippen LogP contribution in [0.3, 0.4) is 0 Å². The number of aromatic nitrogens is 2. The molecule has 2 bridgehead atoms. The zero-order valence-corrected chi connectivity index (χ0v) is 10.9. The molecule has 4 atom stereocenters. The predicted octanol–water partition coefficient (Wildman–Crippen LogP) is 0.187. The molecule has 2 fully saturated rings. The summed E-state index contributed by atoms with van der Waals surface area (Å²) in [5.41, 5.74) is 0. The fourth-order valence-corrected chi connectivity index (χ4v) is 4.68. The fourth-order valence-electron chi connectivity index (χ4n) is 3.45. The molecule has 1 aromatic rings. The van der Waals surface area contributed by atoms with Gasteiger partial charge in [-0.1, -0.05) is 0 Å². The summed E-state index contributed by atoms with van der Waals surface area (Å²) in [4.78, 5) is 17.5. The maximum Gasteiger partial charge on any atom is 0.308 e. The smallest absolute Gasteiger partial charge is 0.308 e. The summed E-state index contributed by atoms with van der Waals surface area (Å²) in [6.45, 7) is 0. The minimum atomic E-state index is -3.72.